The van der Waals surface area contributed by atoms with Crippen LogP contribution in [0.4, 0.5) is 0 Å². The molecule has 0 radical (unpaired) electrons. The van der Waals surface area contributed by atoms with Gasteiger partial charge in [-0.2, -0.15) is 0 Å². The highest BCUT2D eigenvalue weighted by atomic mass is 16.3. The van der Waals surface area contributed by atoms with Crippen LogP contribution >= 0.6 is 0 Å². The average Bonchev–Trinajstić information content (AvgIpc) is 2.64. The van der Waals surface area contributed by atoms with Crippen LogP contribution in [-0.2, 0) is 13.6 Å². The topological polar surface area (TPSA) is 37.2 Å². The molecular formula is C17H26N2O. The van der Waals surface area contributed by atoms with E-state index in [1.807, 2.05) is 0 Å². The van der Waals surface area contributed by atoms with E-state index in [-0.39, 0.29) is 12.0 Å². The third kappa shape index (κ3) is 3.05. The maximum Gasteiger partial charge on any atom is 0.0483 e. The number of benzene rings is 1. The van der Waals surface area contributed by atoms with Crippen LogP contribution in [0.1, 0.15) is 31.5 Å². The first-order chi connectivity index (χ1) is 9.46. The summed E-state index contributed by atoms with van der Waals surface area (Å²) >= 11 is 0. The minimum Gasteiger partial charge on any atom is -0.396 e. The summed E-state index contributed by atoms with van der Waals surface area (Å²) in [6.07, 6.45) is 0.827. The lowest BCUT2D eigenvalue weighted by atomic mass is 9.90. The lowest BCUT2D eigenvalue weighted by Crippen LogP contribution is -2.30. The largest absolute Gasteiger partial charge is 0.396 e. The zero-order valence-corrected chi connectivity index (χ0v) is 13.0. The van der Waals surface area contributed by atoms with Crippen molar-refractivity contribution in [3.8, 4) is 0 Å². The SMILES string of the molecule is Cc1c(CNCC(C)(C)CCO)n(C)c2ccccc12. The fourth-order valence-corrected chi connectivity index (χ4v) is 2.80. The molecule has 0 saturated carbocycles. The second-order valence-corrected chi connectivity index (χ2v) is 6.39. The van der Waals surface area contributed by atoms with Gasteiger partial charge in [0, 0.05) is 43.3 Å². The van der Waals surface area contributed by atoms with E-state index in [9.17, 15) is 0 Å². The third-order valence-corrected chi connectivity index (χ3v) is 4.19. The zero-order chi connectivity index (χ0) is 14.8. The lowest BCUT2D eigenvalue weighted by molar-refractivity contribution is 0.206. The van der Waals surface area contributed by atoms with Gasteiger partial charge in [-0.15, -0.1) is 0 Å². The molecule has 3 nitrogen and oxygen atoms in total. The van der Waals surface area contributed by atoms with Crippen molar-refractivity contribution < 1.29 is 5.11 Å². The Labute approximate surface area is 121 Å². The van der Waals surface area contributed by atoms with Crippen molar-refractivity contribution in [1.29, 1.82) is 0 Å². The number of aryl methyl sites for hydroxylation is 2. The summed E-state index contributed by atoms with van der Waals surface area (Å²) in [4.78, 5) is 0. The molecule has 2 rings (SSSR count). The number of nitrogens with zero attached hydrogens (tertiary/aromatic N) is 1. The smallest absolute Gasteiger partial charge is 0.0483 e. The molecule has 0 aliphatic rings. The maximum atomic E-state index is 9.07. The molecule has 0 amide bonds. The Hall–Kier alpha value is -1.32. The number of hydrogen-bond acceptors (Lipinski definition) is 2. The van der Waals surface area contributed by atoms with Crippen molar-refractivity contribution >= 4 is 10.9 Å². The second kappa shape index (κ2) is 5.98. The maximum absolute atomic E-state index is 9.07. The summed E-state index contributed by atoms with van der Waals surface area (Å²) < 4.78 is 2.27. The zero-order valence-electron chi connectivity index (χ0n) is 13.0. The third-order valence-electron chi connectivity index (χ3n) is 4.19. The van der Waals surface area contributed by atoms with Gasteiger partial charge in [0.15, 0.2) is 0 Å². The molecule has 1 heterocycles. The van der Waals surface area contributed by atoms with Crippen LogP contribution in [0.15, 0.2) is 24.3 Å². The van der Waals surface area contributed by atoms with Crippen LogP contribution in [0, 0.1) is 12.3 Å². The number of aliphatic hydroxyl groups excluding tert-OH is 1. The number of para-hydroxylation sites is 1. The van der Waals surface area contributed by atoms with Crippen LogP contribution in [0.25, 0.3) is 10.9 Å². The van der Waals surface area contributed by atoms with Gasteiger partial charge in [0.1, 0.15) is 0 Å². The van der Waals surface area contributed by atoms with Crippen LogP contribution in [0.3, 0.4) is 0 Å². The molecule has 0 spiro atoms. The summed E-state index contributed by atoms with van der Waals surface area (Å²) in [6, 6.07) is 8.53. The predicted octanol–water partition coefficient (Wildman–Crippen LogP) is 2.98. The summed E-state index contributed by atoms with van der Waals surface area (Å²) in [5.41, 5.74) is 4.12. The monoisotopic (exact) mass is 274 g/mol. The molecule has 2 aromatic rings. The predicted molar refractivity (Wildman–Crippen MR) is 84.8 cm³/mol. The fraction of sp³-hybridized carbons (Fsp3) is 0.529. The second-order valence-electron chi connectivity index (χ2n) is 6.39. The van der Waals surface area contributed by atoms with Gasteiger partial charge in [0.05, 0.1) is 0 Å². The number of aromatic nitrogens is 1. The van der Waals surface area contributed by atoms with E-state index in [0.29, 0.717) is 0 Å². The van der Waals surface area contributed by atoms with Crippen molar-refractivity contribution in [2.75, 3.05) is 13.2 Å². The van der Waals surface area contributed by atoms with Gasteiger partial charge in [0.2, 0.25) is 0 Å². The van der Waals surface area contributed by atoms with Crippen molar-refractivity contribution in [2.24, 2.45) is 12.5 Å². The first kappa shape index (κ1) is 15.1. The average molecular weight is 274 g/mol. The summed E-state index contributed by atoms with van der Waals surface area (Å²) in [5.74, 6) is 0. The molecule has 1 aromatic heterocycles. The Balaban J connectivity index is 2.11. The summed E-state index contributed by atoms with van der Waals surface area (Å²) in [5, 5.41) is 13.9. The van der Waals surface area contributed by atoms with Crippen molar-refractivity contribution in [3.63, 3.8) is 0 Å². The number of nitrogens with one attached hydrogen (secondary N) is 1. The molecule has 0 aliphatic heterocycles. The summed E-state index contributed by atoms with van der Waals surface area (Å²) in [7, 11) is 2.13. The Morgan fingerprint density at radius 2 is 1.95 bits per heavy atom. The van der Waals surface area contributed by atoms with Gasteiger partial charge in [-0.1, -0.05) is 32.0 Å². The van der Waals surface area contributed by atoms with Crippen molar-refractivity contribution in [1.82, 2.24) is 9.88 Å². The summed E-state index contributed by atoms with van der Waals surface area (Å²) in [6.45, 7) is 8.59. The van der Waals surface area contributed by atoms with Gasteiger partial charge in [0.25, 0.3) is 0 Å². The Bertz CT molecular complexity index is 545. The molecule has 3 heteroatoms. The number of hydrogen-bond donors (Lipinski definition) is 2. The minimum absolute atomic E-state index is 0.132. The number of aliphatic hydroxyl groups is 1. The lowest BCUT2D eigenvalue weighted by Gasteiger charge is -2.24. The van der Waals surface area contributed by atoms with Crippen molar-refractivity contribution in [3.05, 3.63) is 35.5 Å². The molecule has 1 aromatic carbocycles. The Morgan fingerprint density at radius 3 is 2.60 bits per heavy atom. The standard InChI is InChI=1S/C17H26N2O/c1-13-14-7-5-6-8-15(14)19(4)16(13)11-18-12-17(2,3)9-10-20/h5-8,18,20H,9-12H2,1-4H3. The Kier molecular flexibility index (Phi) is 4.51. The van der Waals surface area contributed by atoms with E-state index in [0.717, 1.165) is 19.5 Å². The highest BCUT2D eigenvalue weighted by Crippen LogP contribution is 2.24. The van der Waals surface area contributed by atoms with Gasteiger partial charge in [-0.25, -0.2) is 0 Å². The molecule has 0 saturated heterocycles. The molecule has 0 fully saturated rings. The molecule has 110 valence electrons. The highest BCUT2D eigenvalue weighted by molar-refractivity contribution is 5.85. The van der Waals surface area contributed by atoms with E-state index in [1.165, 1.54) is 22.2 Å². The van der Waals surface area contributed by atoms with Crippen LogP contribution in [0.2, 0.25) is 0 Å². The fourth-order valence-electron chi connectivity index (χ4n) is 2.80. The normalized spacial score (nSPS) is 12.2. The van der Waals surface area contributed by atoms with E-state index in [4.69, 9.17) is 5.11 Å². The van der Waals surface area contributed by atoms with Gasteiger partial charge in [-0.05, 0) is 30.4 Å². The van der Waals surface area contributed by atoms with E-state index in [1.54, 1.807) is 0 Å². The van der Waals surface area contributed by atoms with Crippen LogP contribution in [-0.4, -0.2) is 22.8 Å². The molecule has 0 bridgehead atoms. The first-order valence-corrected chi connectivity index (χ1v) is 7.31. The highest BCUT2D eigenvalue weighted by Gasteiger charge is 2.17. The molecule has 0 atom stereocenters. The minimum atomic E-state index is 0.132. The van der Waals surface area contributed by atoms with E-state index >= 15 is 0 Å². The van der Waals surface area contributed by atoms with Gasteiger partial charge < -0.3 is 15.0 Å². The molecular weight excluding hydrogens is 248 g/mol. The van der Waals surface area contributed by atoms with Crippen LogP contribution in [0.5, 0.6) is 0 Å². The molecule has 0 unspecified atom stereocenters. The Morgan fingerprint density at radius 1 is 1.25 bits per heavy atom. The number of rotatable bonds is 6. The molecule has 20 heavy (non-hydrogen) atoms. The number of fused-ring (bicyclic) bond motifs is 1. The molecule has 2 N–H and O–H groups in total. The van der Waals surface area contributed by atoms with Crippen molar-refractivity contribution in [2.45, 2.75) is 33.7 Å². The van der Waals surface area contributed by atoms with E-state index < -0.39 is 0 Å². The van der Waals surface area contributed by atoms with E-state index in [2.05, 4.69) is 62.0 Å². The van der Waals surface area contributed by atoms with Gasteiger partial charge in [-0.3, -0.25) is 0 Å². The van der Waals surface area contributed by atoms with Crippen LogP contribution < -0.4 is 5.32 Å². The first-order valence-electron chi connectivity index (χ1n) is 7.31. The molecule has 0 aliphatic carbocycles. The quantitative estimate of drug-likeness (QED) is 0.849. The van der Waals surface area contributed by atoms with Gasteiger partial charge >= 0.3 is 0 Å².